The Bertz CT molecular complexity index is 241. The van der Waals surface area contributed by atoms with E-state index < -0.39 is 5.92 Å². The first-order chi connectivity index (χ1) is 7.32. The molecule has 0 aromatic heterocycles. The fourth-order valence-electron chi connectivity index (χ4n) is 1.62. The summed E-state index contributed by atoms with van der Waals surface area (Å²) in [5.41, 5.74) is 0. The summed E-state index contributed by atoms with van der Waals surface area (Å²) in [5.74, 6) is -1.21. The van der Waals surface area contributed by atoms with Crippen LogP contribution < -0.4 is 5.32 Å². The molecular weight excluding hydrogens is 210 g/mol. The van der Waals surface area contributed by atoms with Gasteiger partial charge in [-0.15, -0.1) is 0 Å². The molecule has 1 rings (SSSR count). The second-order valence-corrected chi connectivity index (χ2v) is 4.97. The maximum Gasteiger partial charge on any atom is 0.251 e. The molecule has 16 heavy (non-hydrogen) atoms. The van der Waals surface area contributed by atoms with E-state index in [4.69, 9.17) is 0 Å². The summed E-state index contributed by atoms with van der Waals surface area (Å²) in [4.78, 5) is 1.91. The highest BCUT2D eigenvalue weighted by molar-refractivity contribution is 4.96. The number of likely N-dealkylation sites (tertiary alicyclic amines) is 1. The average Bonchev–Trinajstić information content (AvgIpc) is 2.17. The molecule has 0 bridgehead atoms. The van der Waals surface area contributed by atoms with Crippen molar-refractivity contribution < 1.29 is 8.78 Å². The summed E-state index contributed by atoms with van der Waals surface area (Å²) < 4.78 is 25.9. The summed E-state index contributed by atoms with van der Waals surface area (Å²) in [7, 11) is 0. The van der Waals surface area contributed by atoms with Crippen LogP contribution in [0.5, 0.6) is 0 Å². The van der Waals surface area contributed by atoms with Gasteiger partial charge in [0.25, 0.3) is 5.92 Å². The lowest BCUT2D eigenvalue weighted by Crippen LogP contribution is -2.44. The van der Waals surface area contributed by atoms with Crippen LogP contribution in [0, 0.1) is 5.92 Å². The van der Waals surface area contributed by atoms with Crippen LogP contribution in [0.15, 0.2) is 12.4 Å². The molecule has 2 nitrogen and oxygen atoms in total. The van der Waals surface area contributed by atoms with Crippen LogP contribution in [0.4, 0.5) is 8.78 Å². The molecule has 0 unspecified atom stereocenters. The number of alkyl halides is 2. The van der Waals surface area contributed by atoms with E-state index in [9.17, 15) is 8.78 Å². The van der Waals surface area contributed by atoms with Gasteiger partial charge in [-0.2, -0.15) is 0 Å². The van der Waals surface area contributed by atoms with Crippen molar-refractivity contribution in [1.29, 1.82) is 0 Å². The maximum absolute atomic E-state index is 13.0. The molecule has 0 saturated carbocycles. The zero-order chi connectivity index (χ0) is 12.3. The van der Waals surface area contributed by atoms with Gasteiger partial charge in [-0.25, -0.2) is 8.78 Å². The molecule has 1 heterocycles. The molecule has 1 aliphatic rings. The van der Waals surface area contributed by atoms with Crippen LogP contribution in [0.1, 0.15) is 33.6 Å². The molecule has 0 radical (unpaired) electrons. The van der Waals surface area contributed by atoms with Gasteiger partial charge in [0, 0.05) is 32.0 Å². The van der Waals surface area contributed by atoms with E-state index in [1.54, 1.807) is 0 Å². The maximum atomic E-state index is 13.0. The summed E-state index contributed by atoms with van der Waals surface area (Å²) in [6.45, 7) is 11.0. The van der Waals surface area contributed by atoms with Gasteiger partial charge in [0.15, 0.2) is 0 Å². The summed E-state index contributed by atoms with van der Waals surface area (Å²) in [6.07, 6.45) is -0.131. The monoisotopic (exact) mass is 232 g/mol. The van der Waals surface area contributed by atoms with Crippen molar-refractivity contribution in [1.82, 2.24) is 10.2 Å². The van der Waals surface area contributed by atoms with Crippen molar-refractivity contribution in [3.05, 3.63) is 12.4 Å². The highest BCUT2D eigenvalue weighted by atomic mass is 19.3. The van der Waals surface area contributed by atoms with Crippen LogP contribution in [0.3, 0.4) is 0 Å². The Morgan fingerprint density at radius 1 is 1.25 bits per heavy atom. The predicted octanol–water partition coefficient (Wildman–Crippen LogP) is 2.82. The van der Waals surface area contributed by atoms with Crippen LogP contribution in [-0.2, 0) is 0 Å². The minimum absolute atomic E-state index is 0.0657. The first-order valence-electron chi connectivity index (χ1n) is 5.90. The molecular formula is C12H22F2N2. The van der Waals surface area contributed by atoms with E-state index in [0.29, 0.717) is 25.0 Å². The lowest BCUT2D eigenvalue weighted by molar-refractivity contribution is -0.0502. The van der Waals surface area contributed by atoms with Gasteiger partial charge in [-0.05, 0) is 12.8 Å². The molecule has 1 aliphatic heterocycles. The molecule has 1 N–H and O–H groups in total. The van der Waals surface area contributed by atoms with E-state index in [2.05, 4.69) is 32.7 Å². The van der Waals surface area contributed by atoms with Gasteiger partial charge in [-0.3, -0.25) is 0 Å². The van der Waals surface area contributed by atoms with Crippen molar-refractivity contribution in [2.75, 3.05) is 13.1 Å². The topological polar surface area (TPSA) is 15.3 Å². The fourth-order valence-corrected chi connectivity index (χ4v) is 1.62. The summed E-state index contributed by atoms with van der Waals surface area (Å²) >= 11 is 0. The second-order valence-electron chi connectivity index (χ2n) is 4.97. The Labute approximate surface area is 96.7 Å². The van der Waals surface area contributed by atoms with Crippen LogP contribution in [0.25, 0.3) is 0 Å². The quantitative estimate of drug-likeness (QED) is 0.801. The molecule has 0 aromatic carbocycles. The third kappa shape index (κ3) is 3.65. The lowest BCUT2D eigenvalue weighted by Gasteiger charge is -2.36. The number of hydrogen-bond acceptors (Lipinski definition) is 2. The fraction of sp³-hybridized carbons (Fsp3) is 0.833. The first-order valence-corrected chi connectivity index (χ1v) is 5.90. The third-order valence-electron chi connectivity index (χ3n) is 3.27. The van der Waals surface area contributed by atoms with E-state index >= 15 is 0 Å². The van der Waals surface area contributed by atoms with E-state index in [0.717, 1.165) is 5.82 Å². The number of hydrogen-bond donors (Lipinski definition) is 1. The van der Waals surface area contributed by atoms with Crippen LogP contribution in [0.2, 0.25) is 0 Å². The van der Waals surface area contributed by atoms with Crippen LogP contribution in [-0.4, -0.2) is 30.0 Å². The molecule has 0 aliphatic carbocycles. The largest absolute Gasteiger partial charge is 0.370 e. The zero-order valence-electron chi connectivity index (χ0n) is 10.4. The third-order valence-corrected chi connectivity index (χ3v) is 3.27. The van der Waals surface area contributed by atoms with Gasteiger partial charge >= 0.3 is 0 Å². The van der Waals surface area contributed by atoms with Crippen molar-refractivity contribution in [2.45, 2.75) is 45.6 Å². The summed E-state index contributed by atoms with van der Waals surface area (Å²) in [5, 5.41) is 3.26. The number of halogens is 2. The molecule has 1 saturated heterocycles. The number of nitrogens with zero attached hydrogens (tertiary/aromatic N) is 1. The molecule has 0 spiro atoms. The standard InChI is InChI=1S/C12H22F2N2/c1-9(2)10(3)15-11(4)16-7-5-12(13,14)6-8-16/h9-10,15H,4-8H2,1-3H3/t10-/m1/s1. The number of rotatable bonds is 4. The normalized spacial score (nSPS) is 22.0. The average molecular weight is 232 g/mol. The van der Waals surface area contributed by atoms with Crippen LogP contribution >= 0.6 is 0 Å². The SMILES string of the molecule is C=C(N[C@H](C)C(C)C)N1CCC(F)(F)CC1. The lowest BCUT2D eigenvalue weighted by atomic mass is 10.1. The molecule has 94 valence electrons. The van der Waals surface area contributed by atoms with Crippen molar-refractivity contribution in [3.8, 4) is 0 Å². The highest BCUT2D eigenvalue weighted by Gasteiger charge is 2.34. The molecule has 0 aromatic rings. The Morgan fingerprint density at radius 3 is 2.19 bits per heavy atom. The Balaban J connectivity index is 2.39. The summed E-state index contributed by atoms with van der Waals surface area (Å²) in [6, 6.07) is 0.315. The van der Waals surface area contributed by atoms with Crippen molar-refractivity contribution in [3.63, 3.8) is 0 Å². The number of piperidine rings is 1. The smallest absolute Gasteiger partial charge is 0.251 e. The van der Waals surface area contributed by atoms with Crippen molar-refractivity contribution >= 4 is 0 Å². The molecule has 4 heteroatoms. The van der Waals surface area contributed by atoms with Gasteiger partial charge < -0.3 is 10.2 Å². The van der Waals surface area contributed by atoms with Gasteiger partial charge in [0.05, 0.1) is 5.82 Å². The predicted molar refractivity (Wildman–Crippen MR) is 62.3 cm³/mol. The van der Waals surface area contributed by atoms with Gasteiger partial charge in [0.1, 0.15) is 0 Å². The zero-order valence-corrected chi connectivity index (χ0v) is 10.4. The molecule has 1 fully saturated rings. The highest BCUT2D eigenvalue weighted by Crippen LogP contribution is 2.28. The number of nitrogens with one attached hydrogen (secondary N) is 1. The van der Waals surface area contributed by atoms with Crippen molar-refractivity contribution in [2.24, 2.45) is 5.92 Å². The van der Waals surface area contributed by atoms with Gasteiger partial charge in [0.2, 0.25) is 0 Å². The molecule has 1 atom stereocenters. The molecule has 0 amide bonds. The minimum atomic E-state index is -2.49. The first kappa shape index (κ1) is 13.3. The van der Waals surface area contributed by atoms with E-state index in [1.807, 2.05) is 4.90 Å². The van der Waals surface area contributed by atoms with Gasteiger partial charge in [-0.1, -0.05) is 20.4 Å². The van der Waals surface area contributed by atoms with E-state index in [-0.39, 0.29) is 12.8 Å². The Hall–Kier alpha value is -0.800. The second kappa shape index (κ2) is 5.02. The Morgan fingerprint density at radius 2 is 1.75 bits per heavy atom. The minimum Gasteiger partial charge on any atom is -0.370 e. The van der Waals surface area contributed by atoms with E-state index in [1.165, 1.54) is 0 Å². The Kier molecular flexibility index (Phi) is 4.16.